The molecule has 0 radical (unpaired) electrons. The summed E-state index contributed by atoms with van der Waals surface area (Å²) in [6.07, 6.45) is 5.59. The van der Waals surface area contributed by atoms with Gasteiger partial charge in [-0.3, -0.25) is 4.98 Å². The van der Waals surface area contributed by atoms with Gasteiger partial charge < -0.3 is 4.57 Å². The highest BCUT2D eigenvalue weighted by Gasteiger charge is 2.13. The molecule has 108 valence electrons. The number of nitrogens with zero attached hydrogens (tertiary/aromatic N) is 3. The number of imidazole rings is 1. The van der Waals surface area contributed by atoms with Crippen LogP contribution in [0, 0.1) is 6.92 Å². The molecule has 0 saturated carbocycles. The maximum Gasteiger partial charge on any atom is 0.0991 e. The van der Waals surface area contributed by atoms with Crippen molar-refractivity contribution in [3.05, 3.63) is 48.7 Å². The van der Waals surface area contributed by atoms with Gasteiger partial charge in [0.25, 0.3) is 0 Å². The first-order valence-electron chi connectivity index (χ1n) is 7.01. The third-order valence-corrected chi connectivity index (χ3v) is 4.20. The Balaban J connectivity index is 2.15. The Morgan fingerprint density at radius 3 is 2.62 bits per heavy atom. The molecular formula is C17H19N3S. The van der Waals surface area contributed by atoms with Gasteiger partial charge in [0.15, 0.2) is 0 Å². The highest BCUT2D eigenvalue weighted by molar-refractivity contribution is 8.00. The largest absolute Gasteiger partial charge is 0.306 e. The summed E-state index contributed by atoms with van der Waals surface area (Å²) >= 11 is 1.87. The van der Waals surface area contributed by atoms with Gasteiger partial charge in [-0.15, -0.1) is 11.8 Å². The van der Waals surface area contributed by atoms with Crippen LogP contribution in [0.3, 0.4) is 0 Å². The Hall–Kier alpha value is -1.81. The molecule has 0 aliphatic rings. The van der Waals surface area contributed by atoms with E-state index in [0.717, 1.165) is 22.3 Å². The van der Waals surface area contributed by atoms with E-state index in [4.69, 9.17) is 0 Å². The highest BCUT2D eigenvalue weighted by Crippen LogP contribution is 2.34. The fraction of sp³-hybridized carbons (Fsp3) is 0.294. The number of pyridine rings is 1. The molecule has 4 heteroatoms. The zero-order chi connectivity index (χ0) is 15.0. The number of aromatic nitrogens is 3. The molecule has 2 heterocycles. The minimum atomic E-state index is 0.199. The predicted octanol–water partition coefficient (Wildman–Crippen LogP) is 4.62. The number of hydrogen-bond donors (Lipinski definition) is 0. The second-order valence-corrected chi connectivity index (χ2v) is 8.05. The van der Waals surface area contributed by atoms with Crippen LogP contribution in [0.25, 0.3) is 16.6 Å². The lowest BCUT2D eigenvalue weighted by Gasteiger charge is -2.18. The van der Waals surface area contributed by atoms with Crippen LogP contribution in [-0.4, -0.2) is 19.3 Å². The Labute approximate surface area is 129 Å². The summed E-state index contributed by atoms with van der Waals surface area (Å²) in [4.78, 5) is 10.1. The number of benzene rings is 1. The zero-order valence-electron chi connectivity index (χ0n) is 12.8. The highest BCUT2D eigenvalue weighted by atomic mass is 32.2. The molecule has 0 aliphatic heterocycles. The number of fused-ring (bicyclic) bond motifs is 1. The summed E-state index contributed by atoms with van der Waals surface area (Å²) in [5, 5.41) is 1.15. The van der Waals surface area contributed by atoms with Crippen molar-refractivity contribution in [2.75, 3.05) is 0 Å². The average Bonchev–Trinajstić information content (AvgIpc) is 2.88. The van der Waals surface area contributed by atoms with Gasteiger partial charge in [0.1, 0.15) is 0 Å². The molecule has 0 atom stereocenters. The van der Waals surface area contributed by atoms with Crippen molar-refractivity contribution in [2.24, 2.45) is 0 Å². The van der Waals surface area contributed by atoms with Crippen molar-refractivity contribution in [2.45, 2.75) is 37.3 Å². The molecule has 0 unspecified atom stereocenters. The standard InChI is InChI=1S/C17H19N3S/c1-12-9-16(20-8-7-18-11-20)14-6-5-13(10-15(14)19-12)21-17(2,3)4/h5-11H,1-4H3. The molecule has 0 fully saturated rings. The molecule has 0 amide bonds. The lowest BCUT2D eigenvalue weighted by molar-refractivity contribution is 0.803. The van der Waals surface area contributed by atoms with E-state index in [0.29, 0.717) is 0 Å². The summed E-state index contributed by atoms with van der Waals surface area (Å²) in [5.41, 5.74) is 3.18. The summed E-state index contributed by atoms with van der Waals surface area (Å²) in [6.45, 7) is 8.71. The molecule has 0 bridgehead atoms. The normalized spacial score (nSPS) is 12.0. The molecule has 1 aromatic carbocycles. The molecule has 3 aromatic rings. The van der Waals surface area contributed by atoms with E-state index in [2.05, 4.69) is 55.0 Å². The molecule has 2 aromatic heterocycles. The van der Waals surface area contributed by atoms with Crippen molar-refractivity contribution in [3.8, 4) is 5.69 Å². The number of aryl methyl sites for hydroxylation is 1. The van der Waals surface area contributed by atoms with Gasteiger partial charge in [-0.1, -0.05) is 20.8 Å². The van der Waals surface area contributed by atoms with Crippen LogP contribution >= 0.6 is 11.8 Å². The van der Waals surface area contributed by atoms with Gasteiger partial charge in [0.05, 0.1) is 17.5 Å². The fourth-order valence-corrected chi connectivity index (χ4v) is 3.36. The van der Waals surface area contributed by atoms with E-state index in [-0.39, 0.29) is 4.75 Å². The Bertz CT molecular complexity index is 771. The minimum Gasteiger partial charge on any atom is -0.306 e. The van der Waals surface area contributed by atoms with E-state index >= 15 is 0 Å². The van der Waals surface area contributed by atoms with E-state index in [1.807, 2.05) is 35.8 Å². The van der Waals surface area contributed by atoms with E-state index < -0.39 is 0 Å². The fourth-order valence-electron chi connectivity index (χ4n) is 2.35. The van der Waals surface area contributed by atoms with Crippen LogP contribution in [0.1, 0.15) is 26.5 Å². The molecular weight excluding hydrogens is 278 g/mol. The number of thioether (sulfide) groups is 1. The van der Waals surface area contributed by atoms with Gasteiger partial charge in [-0.05, 0) is 31.2 Å². The van der Waals surface area contributed by atoms with Crippen LogP contribution in [0.5, 0.6) is 0 Å². The number of hydrogen-bond acceptors (Lipinski definition) is 3. The SMILES string of the molecule is Cc1cc(-n2ccnc2)c2ccc(SC(C)(C)C)cc2n1. The third-order valence-electron chi connectivity index (χ3n) is 3.09. The van der Waals surface area contributed by atoms with Crippen LogP contribution in [0.2, 0.25) is 0 Å². The minimum absolute atomic E-state index is 0.199. The Kier molecular flexibility index (Phi) is 3.49. The van der Waals surface area contributed by atoms with Crippen molar-refractivity contribution in [3.63, 3.8) is 0 Å². The van der Waals surface area contributed by atoms with Gasteiger partial charge >= 0.3 is 0 Å². The maximum atomic E-state index is 4.69. The second-order valence-electron chi connectivity index (χ2n) is 6.15. The topological polar surface area (TPSA) is 30.7 Å². The monoisotopic (exact) mass is 297 g/mol. The van der Waals surface area contributed by atoms with Crippen LogP contribution in [0.4, 0.5) is 0 Å². The predicted molar refractivity (Wildman–Crippen MR) is 89.2 cm³/mol. The second kappa shape index (κ2) is 5.19. The van der Waals surface area contributed by atoms with Crippen LogP contribution < -0.4 is 0 Å². The van der Waals surface area contributed by atoms with Crippen molar-refractivity contribution in [1.82, 2.24) is 14.5 Å². The molecule has 0 spiro atoms. The zero-order valence-corrected chi connectivity index (χ0v) is 13.6. The third kappa shape index (κ3) is 3.10. The first-order chi connectivity index (χ1) is 9.92. The first-order valence-corrected chi connectivity index (χ1v) is 7.83. The Morgan fingerprint density at radius 1 is 1.14 bits per heavy atom. The van der Waals surface area contributed by atoms with Crippen molar-refractivity contribution in [1.29, 1.82) is 0 Å². The van der Waals surface area contributed by atoms with Gasteiger partial charge in [-0.2, -0.15) is 0 Å². The van der Waals surface area contributed by atoms with Crippen LogP contribution in [0.15, 0.2) is 47.9 Å². The van der Waals surface area contributed by atoms with Gasteiger partial charge in [0.2, 0.25) is 0 Å². The Morgan fingerprint density at radius 2 is 1.95 bits per heavy atom. The number of rotatable bonds is 2. The average molecular weight is 297 g/mol. The lowest BCUT2D eigenvalue weighted by atomic mass is 10.1. The quantitative estimate of drug-likeness (QED) is 0.647. The molecule has 0 N–H and O–H groups in total. The molecule has 21 heavy (non-hydrogen) atoms. The van der Waals surface area contributed by atoms with E-state index in [9.17, 15) is 0 Å². The maximum absolute atomic E-state index is 4.69. The lowest BCUT2D eigenvalue weighted by Crippen LogP contribution is -2.06. The summed E-state index contributed by atoms with van der Waals surface area (Å²) in [7, 11) is 0. The van der Waals surface area contributed by atoms with Crippen molar-refractivity contribution >= 4 is 22.7 Å². The first kappa shape index (κ1) is 14.1. The molecule has 0 saturated heterocycles. The van der Waals surface area contributed by atoms with Crippen LogP contribution in [-0.2, 0) is 0 Å². The molecule has 3 nitrogen and oxygen atoms in total. The van der Waals surface area contributed by atoms with Gasteiger partial charge in [-0.25, -0.2) is 4.98 Å². The summed E-state index contributed by atoms with van der Waals surface area (Å²) in [5.74, 6) is 0. The van der Waals surface area contributed by atoms with Gasteiger partial charge in [0, 0.05) is 33.1 Å². The summed E-state index contributed by atoms with van der Waals surface area (Å²) < 4.78 is 2.23. The van der Waals surface area contributed by atoms with E-state index in [1.165, 1.54) is 4.90 Å². The smallest absolute Gasteiger partial charge is 0.0991 e. The molecule has 3 rings (SSSR count). The van der Waals surface area contributed by atoms with Crippen molar-refractivity contribution < 1.29 is 0 Å². The summed E-state index contributed by atoms with van der Waals surface area (Å²) in [6, 6.07) is 8.61. The van der Waals surface area contributed by atoms with E-state index in [1.54, 1.807) is 6.20 Å². The molecule has 0 aliphatic carbocycles.